The minimum atomic E-state index is 0.0572. The number of aromatic nitrogens is 4. The summed E-state index contributed by atoms with van der Waals surface area (Å²) in [5.41, 5.74) is 2.40. The zero-order chi connectivity index (χ0) is 17.6. The summed E-state index contributed by atoms with van der Waals surface area (Å²) in [6.07, 6.45) is 4.88. The normalized spacial score (nSPS) is 11.6. The van der Waals surface area contributed by atoms with Crippen molar-refractivity contribution in [3.63, 3.8) is 0 Å². The molecule has 0 unspecified atom stereocenters. The van der Waals surface area contributed by atoms with Crippen LogP contribution in [0.2, 0.25) is 0 Å². The van der Waals surface area contributed by atoms with Crippen LogP contribution in [0.25, 0.3) is 11.3 Å². The van der Waals surface area contributed by atoms with E-state index in [1.807, 2.05) is 18.2 Å². The number of hydrogen-bond donors (Lipinski definition) is 1. The van der Waals surface area contributed by atoms with Gasteiger partial charge in [0.2, 0.25) is 5.88 Å². The van der Waals surface area contributed by atoms with E-state index >= 15 is 0 Å². The van der Waals surface area contributed by atoms with Crippen LogP contribution in [-0.2, 0) is 0 Å². The molecule has 0 saturated heterocycles. The van der Waals surface area contributed by atoms with E-state index in [1.54, 1.807) is 25.7 Å². The highest BCUT2D eigenvalue weighted by molar-refractivity contribution is 5.74. The van der Waals surface area contributed by atoms with Crippen molar-refractivity contribution < 1.29 is 9.47 Å². The van der Waals surface area contributed by atoms with Gasteiger partial charge in [-0.1, -0.05) is 30.3 Å². The van der Waals surface area contributed by atoms with Crippen molar-refractivity contribution in [3.8, 4) is 23.1 Å². The fraction of sp³-hybridized carbons (Fsp3) is 0.222. The summed E-state index contributed by atoms with van der Waals surface area (Å²) in [4.78, 5) is 17.2. The lowest BCUT2D eigenvalue weighted by atomic mass is 10.1. The molecule has 0 spiro atoms. The minimum Gasteiger partial charge on any atom is -0.480 e. The molecule has 0 radical (unpaired) electrons. The first-order valence-electron chi connectivity index (χ1n) is 7.80. The summed E-state index contributed by atoms with van der Waals surface area (Å²) in [7, 11) is 3.05. The molecule has 0 amide bonds. The number of anilines is 1. The van der Waals surface area contributed by atoms with E-state index in [1.165, 1.54) is 7.11 Å². The van der Waals surface area contributed by atoms with Gasteiger partial charge < -0.3 is 14.8 Å². The molecule has 3 aromatic rings. The molecule has 0 bridgehead atoms. The molecule has 1 aromatic carbocycles. The SMILES string of the molecule is COc1ncc(-c2nccnc2N[C@@H](C)c2ccccc2)c(OC)n1. The molecule has 0 aliphatic rings. The van der Waals surface area contributed by atoms with Gasteiger partial charge in [-0.2, -0.15) is 4.98 Å². The molecular formula is C18H19N5O2. The van der Waals surface area contributed by atoms with Gasteiger partial charge in [0.25, 0.3) is 0 Å². The summed E-state index contributed by atoms with van der Waals surface area (Å²) in [6, 6.07) is 10.4. The minimum absolute atomic E-state index is 0.0572. The molecule has 0 saturated carbocycles. The van der Waals surface area contributed by atoms with Gasteiger partial charge in [0.05, 0.1) is 25.8 Å². The lowest BCUT2D eigenvalue weighted by Crippen LogP contribution is -2.10. The number of ether oxygens (including phenoxy) is 2. The van der Waals surface area contributed by atoms with E-state index in [-0.39, 0.29) is 12.1 Å². The topological polar surface area (TPSA) is 82.1 Å². The van der Waals surface area contributed by atoms with Crippen LogP contribution >= 0.6 is 0 Å². The lowest BCUT2D eigenvalue weighted by molar-refractivity contribution is 0.353. The highest BCUT2D eigenvalue weighted by atomic mass is 16.5. The van der Waals surface area contributed by atoms with Crippen LogP contribution in [0.4, 0.5) is 5.82 Å². The molecule has 0 aliphatic carbocycles. The highest BCUT2D eigenvalue weighted by Gasteiger charge is 2.17. The van der Waals surface area contributed by atoms with E-state index in [4.69, 9.17) is 9.47 Å². The first-order valence-corrected chi connectivity index (χ1v) is 7.80. The van der Waals surface area contributed by atoms with Gasteiger partial charge >= 0.3 is 6.01 Å². The molecule has 0 fully saturated rings. The van der Waals surface area contributed by atoms with Crippen LogP contribution in [0.1, 0.15) is 18.5 Å². The maximum absolute atomic E-state index is 5.36. The van der Waals surface area contributed by atoms with Crippen molar-refractivity contribution in [3.05, 3.63) is 54.5 Å². The van der Waals surface area contributed by atoms with Crippen molar-refractivity contribution in [2.75, 3.05) is 19.5 Å². The first kappa shape index (κ1) is 16.6. The van der Waals surface area contributed by atoms with Crippen molar-refractivity contribution in [2.24, 2.45) is 0 Å². The van der Waals surface area contributed by atoms with E-state index in [9.17, 15) is 0 Å². The fourth-order valence-corrected chi connectivity index (χ4v) is 2.44. The van der Waals surface area contributed by atoms with Gasteiger partial charge in [0, 0.05) is 18.6 Å². The molecular weight excluding hydrogens is 318 g/mol. The first-order chi connectivity index (χ1) is 12.2. The standard InChI is InChI=1S/C18H19N5O2/c1-12(13-7-5-4-6-8-13)22-16-15(19-9-10-20-16)14-11-21-18(25-3)23-17(14)24-2/h4-12H,1-3H3,(H,20,22)/t12-/m0/s1. The summed E-state index contributed by atoms with van der Waals surface area (Å²) in [5.74, 6) is 1.01. The Morgan fingerprint density at radius 1 is 0.960 bits per heavy atom. The smallest absolute Gasteiger partial charge is 0.319 e. The molecule has 2 aromatic heterocycles. The zero-order valence-corrected chi connectivity index (χ0v) is 14.3. The number of methoxy groups -OCH3 is 2. The Morgan fingerprint density at radius 3 is 2.44 bits per heavy atom. The van der Waals surface area contributed by atoms with Crippen molar-refractivity contribution >= 4 is 5.82 Å². The van der Waals surface area contributed by atoms with Gasteiger partial charge in [-0.05, 0) is 12.5 Å². The van der Waals surface area contributed by atoms with Gasteiger partial charge in [-0.3, -0.25) is 4.98 Å². The predicted octanol–water partition coefficient (Wildman–Crippen LogP) is 3.12. The van der Waals surface area contributed by atoms with Crippen LogP contribution < -0.4 is 14.8 Å². The quantitative estimate of drug-likeness (QED) is 0.740. The van der Waals surface area contributed by atoms with E-state index in [2.05, 4.69) is 44.3 Å². The Morgan fingerprint density at radius 2 is 1.72 bits per heavy atom. The number of benzene rings is 1. The van der Waals surface area contributed by atoms with Crippen molar-refractivity contribution in [1.82, 2.24) is 19.9 Å². The fourth-order valence-electron chi connectivity index (χ4n) is 2.44. The van der Waals surface area contributed by atoms with Gasteiger partial charge in [-0.15, -0.1) is 0 Å². The van der Waals surface area contributed by atoms with Crippen LogP contribution in [0.5, 0.6) is 11.9 Å². The Balaban J connectivity index is 1.97. The second-order valence-corrected chi connectivity index (χ2v) is 5.31. The average Bonchev–Trinajstić information content (AvgIpc) is 2.68. The van der Waals surface area contributed by atoms with Crippen LogP contribution in [0, 0.1) is 0 Å². The number of nitrogens with one attached hydrogen (secondary N) is 1. The molecule has 7 nitrogen and oxygen atoms in total. The summed E-state index contributed by atoms with van der Waals surface area (Å²) < 4.78 is 10.4. The highest BCUT2D eigenvalue weighted by Crippen LogP contribution is 2.32. The summed E-state index contributed by atoms with van der Waals surface area (Å²) in [6.45, 7) is 2.07. The Bertz CT molecular complexity index is 842. The second-order valence-electron chi connectivity index (χ2n) is 5.31. The van der Waals surface area contributed by atoms with Crippen LogP contribution in [0.3, 0.4) is 0 Å². The third kappa shape index (κ3) is 3.65. The summed E-state index contributed by atoms with van der Waals surface area (Å²) >= 11 is 0. The lowest BCUT2D eigenvalue weighted by Gasteiger charge is -2.17. The van der Waals surface area contributed by atoms with Gasteiger partial charge in [-0.25, -0.2) is 9.97 Å². The van der Waals surface area contributed by atoms with E-state index in [0.717, 1.165) is 5.56 Å². The Labute approximate surface area is 146 Å². The molecule has 1 atom stereocenters. The van der Waals surface area contributed by atoms with E-state index < -0.39 is 0 Å². The van der Waals surface area contributed by atoms with Crippen LogP contribution in [-0.4, -0.2) is 34.2 Å². The molecule has 2 heterocycles. The number of nitrogens with zero attached hydrogens (tertiary/aromatic N) is 4. The van der Waals surface area contributed by atoms with Gasteiger partial charge in [0.15, 0.2) is 5.82 Å². The third-order valence-electron chi connectivity index (χ3n) is 3.71. The largest absolute Gasteiger partial charge is 0.480 e. The maximum atomic E-state index is 5.36. The Kier molecular flexibility index (Phi) is 5.03. The second kappa shape index (κ2) is 7.57. The van der Waals surface area contributed by atoms with Crippen LogP contribution in [0.15, 0.2) is 48.9 Å². The summed E-state index contributed by atoms with van der Waals surface area (Å²) in [5, 5.41) is 3.39. The average molecular weight is 337 g/mol. The van der Waals surface area contributed by atoms with Crippen molar-refractivity contribution in [1.29, 1.82) is 0 Å². The molecule has 0 aliphatic heterocycles. The van der Waals surface area contributed by atoms with Gasteiger partial charge in [0.1, 0.15) is 5.69 Å². The molecule has 25 heavy (non-hydrogen) atoms. The molecule has 3 rings (SSSR count). The van der Waals surface area contributed by atoms with Crippen molar-refractivity contribution in [2.45, 2.75) is 13.0 Å². The zero-order valence-electron chi connectivity index (χ0n) is 14.3. The molecule has 1 N–H and O–H groups in total. The Hall–Kier alpha value is -3.22. The van der Waals surface area contributed by atoms with E-state index in [0.29, 0.717) is 23.0 Å². The molecule has 128 valence electrons. The number of hydrogen-bond acceptors (Lipinski definition) is 7. The maximum Gasteiger partial charge on any atom is 0.319 e. The monoisotopic (exact) mass is 337 g/mol. The predicted molar refractivity (Wildman–Crippen MR) is 94.6 cm³/mol. The molecule has 7 heteroatoms. The third-order valence-corrected chi connectivity index (χ3v) is 3.71. The number of rotatable bonds is 6.